The van der Waals surface area contributed by atoms with Crippen LogP contribution < -0.4 is 5.32 Å². The van der Waals surface area contributed by atoms with Gasteiger partial charge in [-0.2, -0.15) is 0 Å². The third kappa shape index (κ3) is 2.87. The second-order valence-electron chi connectivity index (χ2n) is 7.69. The van der Waals surface area contributed by atoms with E-state index in [1.165, 1.54) is 6.92 Å². The summed E-state index contributed by atoms with van der Waals surface area (Å²) in [5.74, 6) is -1.43. The van der Waals surface area contributed by atoms with Crippen LogP contribution in [0.1, 0.15) is 32.6 Å². The Labute approximate surface area is 166 Å². The second kappa shape index (κ2) is 6.62. The van der Waals surface area contributed by atoms with Gasteiger partial charge in [-0.1, -0.05) is 28.1 Å². The molecule has 0 aromatic heterocycles. The fourth-order valence-corrected chi connectivity index (χ4v) is 5.92. The summed E-state index contributed by atoms with van der Waals surface area (Å²) in [6.45, 7) is 1.41. The van der Waals surface area contributed by atoms with Crippen LogP contribution in [0.5, 0.6) is 0 Å². The number of carbonyl (C=O) groups is 3. The van der Waals surface area contributed by atoms with Crippen molar-refractivity contribution in [3.8, 4) is 0 Å². The maximum atomic E-state index is 12.6. The van der Waals surface area contributed by atoms with Crippen molar-refractivity contribution in [2.75, 3.05) is 7.11 Å². The fraction of sp³-hybridized carbons (Fsp3) is 0.550. The van der Waals surface area contributed by atoms with E-state index in [1.807, 2.05) is 12.2 Å². The van der Waals surface area contributed by atoms with Crippen LogP contribution in [0.25, 0.3) is 0 Å². The van der Waals surface area contributed by atoms with E-state index in [-0.39, 0.29) is 28.5 Å². The zero-order valence-corrected chi connectivity index (χ0v) is 16.9. The summed E-state index contributed by atoms with van der Waals surface area (Å²) < 4.78 is 11.6. The highest BCUT2D eigenvalue weighted by atomic mass is 79.9. The minimum atomic E-state index is -0.743. The predicted molar refractivity (Wildman–Crippen MR) is 101 cm³/mol. The average Bonchev–Trinajstić information content (AvgIpc) is 2.90. The maximum absolute atomic E-state index is 12.6. The number of hydrogen-bond donors (Lipinski definition) is 1. The number of fused-ring (bicyclic) bond motifs is 5. The third-order valence-corrected chi connectivity index (χ3v) is 7.56. The summed E-state index contributed by atoms with van der Waals surface area (Å²) >= 11 is 3.77. The van der Waals surface area contributed by atoms with E-state index >= 15 is 0 Å². The van der Waals surface area contributed by atoms with E-state index in [0.29, 0.717) is 18.6 Å². The number of methoxy groups -OCH3 is 1. The van der Waals surface area contributed by atoms with E-state index in [2.05, 4.69) is 21.2 Å². The van der Waals surface area contributed by atoms with E-state index in [0.717, 1.165) is 24.0 Å². The SMILES string of the molecule is COC1=C2\C=C[C@H]3C(=O)NC(=O)[C@H]3[C@H]2C[C@]2(OC(C)=O)CCC\C(=C\1)[C@@H]2Br. The Morgan fingerprint density at radius 2 is 2.11 bits per heavy atom. The molecule has 3 aliphatic carbocycles. The van der Waals surface area contributed by atoms with Gasteiger partial charge in [0.15, 0.2) is 0 Å². The van der Waals surface area contributed by atoms with Crippen LogP contribution >= 0.6 is 15.9 Å². The molecule has 0 aromatic carbocycles. The molecule has 2 fully saturated rings. The first-order valence-corrected chi connectivity index (χ1v) is 10.1. The standard InChI is InChI=1S/C20H22BrNO5/c1-10(23)27-20-7-3-4-11(17(20)21)8-15(26-2)12-5-6-13-16(14(12)9-20)19(25)22-18(13)24/h5-6,8,13-14,16-17H,3-4,7,9H2,1-2H3,(H,22,24,25)/b11-8-,15-12+/t13-,14+,16-,17+,20-/m1/s1. The molecule has 1 heterocycles. The summed E-state index contributed by atoms with van der Waals surface area (Å²) in [5, 5.41) is 2.45. The monoisotopic (exact) mass is 435 g/mol. The van der Waals surface area contributed by atoms with Gasteiger partial charge < -0.3 is 9.47 Å². The topological polar surface area (TPSA) is 81.7 Å². The molecule has 6 nitrogen and oxygen atoms in total. The number of nitrogens with one attached hydrogen (secondary N) is 1. The highest BCUT2D eigenvalue weighted by Crippen LogP contribution is 2.51. The predicted octanol–water partition coefficient (Wildman–Crippen LogP) is 2.54. The lowest BCUT2D eigenvalue weighted by Crippen LogP contribution is -2.50. The number of esters is 1. The molecular formula is C20H22BrNO5. The molecule has 1 aliphatic heterocycles. The molecule has 0 unspecified atom stereocenters. The van der Waals surface area contributed by atoms with Crippen molar-refractivity contribution in [1.82, 2.24) is 5.32 Å². The number of ether oxygens (including phenoxy) is 2. The molecule has 4 aliphatic rings. The van der Waals surface area contributed by atoms with Gasteiger partial charge in [0.25, 0.3) is 0 Å². The van der Waals surface area contributed by atoms with Crippen LogP contribution in [-0.4, -0.2) is 35.3 Å². The van der Waals surface area contributed by atoms with Crippen LogP contribution in [0.4, 0.5) is 0 Å². The number of allylic oxidation sites excluding steroid dienone is 3. The zero-order chi connectivity index (χ0) is 19.3. The molecule has 27 heavy (non-hydrogen) atoms. The molecule has 1 N–H and O–H groups in total. The normalized spacial score (nSPS) is 42.1. The number of hydrogen-bond acceptors (Lipinski definition) is 5. The van der Waals surface area contributed by atoms with Crippen molar-refractivity contribution in [1.29, 1.82) is 0 Å². The Morgan fingerprint density at radius 3 is 2.81 bits per heavy atom. The van der Waals surface area contributed by atoms with Crippen LogP contribution in [0, 0.1) is 17.8 Å². The smallest absolute Gasteiger partial charge is 0.303 e. The molecule has 5 atom stereocenters. The molecule has 1 saturated heterocycles. The lowest BCUT2D eigenvalue weighted by Gasteiger charge is -2.46. The number of alkyl halides is 1. The molecule has 0 radical (unpaired) electrons. The molecular weight excluding hydrogens is 414 g/mol. The second-order valence-corrected chi connectivity index (χ2v) is 8.61. The van der Waals surface area contributed by atoms with Gasteiger partial charge in [-0.15, -0.1) is 0 Å². The van der Waals surface area contributed by atoms with Gasteiger partial charge in [0, 0.05) is 12.8 Å². The summed E-state index contributed by atoms with van der Waals surface area (Å²) in [6, 6.07) is 0. The van der Waals surface area contributed by atoms with Crippen LogP contribution in [0.2, 0.25) is 0 Å². The molecule has 0 aromatic rings. The summed E-state index contributed by atoms with van der Waals surface area (Å²) in [6.07, 6.45) is 8.63. The molecule has 7 heteroatoms. The van der Waals surface area contributed by atoms with E-state index in [4.69, 9.17) is 9.47 Å². The number of rotatable bonds is 2. The highest BCUT2D eigenvalue weighted by molar-refractivity contribution is 9.09. The van der Waals surface area contributed by atoms with E-state index in [1.54, 1.807) is 13.2 Å². The van der Waals surface area contributed by atoms with E-state index in [9.17, 15) is 14.4 Å². The van der Waals surface area contributed by atoms with Crippen molar-refractivity contribution in [2.45, 2.75) is 43.0 Å². The zero-order valence-electron chi connectivity index (χ0n) is 15.3. The number of amides is 2. The maximum Gasteiger partial charge on any atom is 0.303 e. The molecule has 2 amide bonds. The number of imide groups is 1. The van der Waals surface area contributed by atoms with Gasteiger partial charge in [0.05, 0.1) is 23.8 Å². The van der Waals surface area contributed by atoms with Gasteiger partial charge >= 0.3 is 5.97 Å². The van der Waals surface area contributed by atoms with Gasteiger partial charge in [0.1, 0.15) is 11.4 Å². The summed E-state index contributed by atoms with van der Waals surface area (Å²) in [4.78, 5) is 36.6. The quantitative estimate of drug-likeness (QED) is 0.409. The lowest BCUT2D eigenvalue weighted by molar-refractivity contribution is -0.160. The van der Waals surface area contributed by atoms with Gasteiger partial charge in [-0.05, 0) is 42.9 Å². The van der Waals surface area contributed by atoms with Crippen molar-refractivity contribution in [3.63, 3.8) is 0 Å². The Morgan fingerprint density at radius 1 is 1.33 bits per heavy atom. The van der Waals surface area contributed by atoms with Gasteiger partial charge in [-0.25, -0.2) is 0 Å². The average molecular weight is 436 g/mol. The molecule has 144 valence electrons. The third-order valence-electron chi connectivity index (χ3n) is 6.14. The van der Waals surface area contributed by atoms with Crippen LogP contribution in [-0.2, 0) is 23.9 Å². The Balaban J connectivity index is 1.89. The summed E-state index contributed by atoms with van der Waals surface area (Å²) in [7, 11) is 1.61. The summed E-state index contributed by atoms with van der Waals surface area (Å²) in [5.41, 5.74) is 1.26. The largest absolute Gasteiger partial charge is 0.496 e. The lowest BCUT2D eigenvalue weighted by atomic mass is 9.65. The molecule has 1 saturated carbocycles. The minimum absolute atomic E-state index is 0.154. The Hall–Kier alpha value is -1.89. The minimum Gasteiger partial charge on any atom is -0.496 e. The van der Waals surface area contributed by atoms with Crippen LogP contribution in [0.3, 0.4) is 0 Å². The van der Waals surface area contributed by atoms with Crippen molar-refractivity contribution < 1.29 is 23.9 Å². The molecule has 4 rings (SSSR count). The fourth-order valence-electron chi connectivity index (χ4n) is 5.05. The van der Waals surface area contributed by atoms with Crippen molar-refractivity contribution in [2.24, 2.45) is 17.8 Å². The van der Waals surface area contributed by atoms with Gasteiger partial charge in [0.2, 0.25) is 11.8 Å². The van der Waals surface area contributed by atoms with Crippen LogP contribution in [0.15, 0.2) is 35.1 Å². The molecule has 2 bridgehead atoms. The van der Waals surface area contributed by atoms with Crippen molar-refractivity contribution in [3.05, 3.63) is 35.1 Å². The first-order valence-electron chi connectivity index (χ1n) is 9.21. The van der Waals surface area contributed by atoms with Gasteiger partial charge in [-0.3, -0.25) is 19.7 Å². The number of halogens is 1. The Kier molecular flexibility index (Phi) is 4.53. The first-order chi connectivity index (χ1) is 12.9. The first kappa shape index (κ1) is 18.5. The molecule has 0 spiro atoms. The number of carbonyl (C=O) groups excluding carboxylic acids is 3. The Bertz CT molecular complexity index is 813. The van der Waals surface area contributed by atoms with Crippen molar-refractivity contribution >= 4 is 33.7 Å². The van der Waals surface area contributed by atoms with E-state index < -0.39 is 17.4 Å². The highest BCUT2D eigenvalue weighted by Gasteiger charge is 2.54.